The number of alkyl halides is 2. The van der Waals surface area contributed by atoms with E-state index in [0.717, 1.165) is 0 Å². The molecule has 4 unspecified atom stereocenters. The van der Waals surface area contributed by atoms with Gasteiger partial charge in [0, 0.05) is 6.54 Å². The quantitative estimate of drug-likeness (QED) is 0.456. The first-order valence-electron chi connectivity index (χ1n) is 4.98. The molecule has 9 heteroatoms. The molecule has 0 spiro atoms. The summed E-state index contributed by atoms with van der Waals surface area (Å²) in [4.78, 5) is 0. The molecule has 0 heterocycles. The number of halogens is 2. The van der Waals surface area contributed by atoms with Gasteiger partial charge in [0.2, 0.25) is 0 Å². The van der Waals surface area contributed by atoms with Crippen LogP contribution in [0.2, 0.25) is 0 Å². The average molecular weight is 276 g/mol. The Morgan fingerprint density at radius 3 is 2.29 bits per heavy atom. The summed E-state index contributed by atoms with van der Waals surface area (Å²) in [5.74, 6) is 0. The number of hydrogen-bond donors (Lipinski definition) is 4. The van der Waals surface area contributed by atoms with Crippen LogP contribution in [0.1, 0.15) is 13.3 Å². The molecule has 6 nitrogen and oxygen atoms in total. The average Bonchev–Trinajstić information content (AvgIpc) is 2.26. The van der Waals surface area contributed by atoms with E-state index in [1.54, 1.807) is 0 Å². The van der Waals surface area contributed by atoms with Crippen molar-refractivity contribution in [1.29, 1.82) is 0 Å². The zero-order chi connectivity index (χ0) is 13.6. The van der Waals surface area contributed by atoms with E-state index in [2.05, 4.69) is 4.52 Å². The summed E-state index contributed by atoms with van der Waals surface area (Å²) in [6, 6.07) is 0. The Balaban J connectivity index is 4.44. The zero-order valence-corrected chi connectivity index (χ0v) is 10.2. The van der Waals surface area contributed by atoms with Crippen LogP contribution in [0.4, 0.5) is 8.78 Å². The lowest BCUT2D eigenvalue weighted by Gasteiger charge is -2.21. The second-order valence-electron chi connectivity index (χ2n) is 3.41. The molecule has 0 radical (unpaired) electrons. The van der Waals surface area contributed by atoms with E-state index in [-0.39, 0.29) is 13.2 Å². The first kappa shape index (κ1) is 16.8. The minimum absolute atomic E-state index is 0.158. The Morgan fingerprint density at radius 2 is 1.88 bits per heavy atom. The predicted molar refractivity (Wildman–Crippen MR) is 55.9 cm³/mol. The fraction of sp³-hybridized carbons (Fsp3) is 1.00. The van der Waals surface area contributed by atoms with Gasteiger partial charge in [-0.15, -0.1) is 4.52 Å². The first-order valence-corrected chi connectivity index (χ1v) is 6.16. The Kier molecular flexibility index (Phi) is 7.15. The zero-order valence-electron chi connectivity index (χ0n) is 9.29. The fourth-order valence-electron chi connectivity index (χ4n) is 1.05. The van der Waals surface area contributed by atoms with Crippen molar-refractivity contribution in [3.8, 4) is 0 Å². The topological polar surface area (TPSA) is 113 Å². The maximum atomic E-state index is 13.2. The van der Waals surface area contributed by atoms with E-state index in [4.69, 9.17) is 10.8 Å². The molecule has 17 heavy (non-hydrogen) atoms. The van der Waals surface area contributed by atoms with Crippen LogP contribution in [0.25, 0.3) is 0 Å². The summed E-state index contributed by atoms with van der Waals surface area (Å²) in [5, 5.41) is 27.5. The SMILES string of the molecule is CCO[P+](=O)C(F)(F)CC(O)C(O)C(O)CN. The van der Waals surface area contributed by atoms with E-state index < -0.39 is 38.4 Å². The highest BCUT2D eigenvalue weighted by Gasteiger charge is 2.55. The van der Waals surface area contributed by atoms with Crippen LogP contribution < -0.4 is 5.73 Å². The van der Waals surface area contributed by atoms with Crippen LogP contribution in [-0.2, 0) is 9.09 Å². The molecule has 0 bridgehead atoms. The summed E-state index contributed by atoms with van der Waals surface area (Å²) >= 11 is 0. The monoisotopic (exact) mass is 276 g/mol. The minimum Gasteiger partial charge on any atom is -0.390 e. The number of rotatable bonds is 8. The van der Waals surface area contributed by atoms with Gasteiger partial charge in [-0.2, -0.15) is 8.78 Å². The lowest BCUT2D eigenvalue weighted by molar-refractivity contribution is -0.0834. The first-order chi connectivity index (χ1) is 7.76. The van der Waals surface area contributed by atoms with E-state index in [1.165, 1.54) is 6.92 Å². The molecule has 102 valence electrons. The fourth-order valence-corrected chi connectivity index (χ4v) is 1.81. The molecule has 0 fully saturated rings. The molecular formula is C8H17F2NO5P+. The van der Waals surface area contributed by atoms with Crippen LogP contribution >= 0.6 is 8.03 Å². The van der Waals surface area contributed by atoms with Gasteiger partial charge in [0.25, 0.3) is 0 Å². The van der Waals surface area contributed by atoms with Crippen LogP contribution in [0.5, 0.6) is 0 Å². The molecule has 0 aromatic heterocycles. The van der Waals surface area contributed by atoms with Crippen molar-refractivity contribution < 1.29 is 33.2 Å². The number of aliphatic hydroxyl groups excluding tert-OH is 3. The summed E-state index contributed by atoms with van der Waals surface area (Å²) in [5.41, 5.74) is 1.21. The van der Waals surface area contributed by atoms with Gasteiger partial charge in [-0.1, -0.05) is 0 Å². The molecule has 0 aromatic rings. The van der Waals surface area contributed by atoms with Gasteiger partial charge in [0.15, 0.2) is 0 Å². The van der Waals surface area contributed by atoms with Gasteiger partial charge >= 0.3 is 13.7 Å². The van der Waals surface area contributed by atoms with Crippen molar-refractivity contribution in [3.63, 3.8) is 0 Å². The summed E-state index contributed by atoms with van der Waals surface area (Å²) in [7, 11) is -3.27. The van der Waals surface area contributed by atoms with Gasteiger partial charge in [0.05, 0.1) is 25.2 Å². The van der Waals surface area contributed by atoms with Crippen molar-refractivity contribution in [2.75, 3.05) is 13.2 Å². The molecule has 0 rings (SSSR count). The smallest absolute Gasteiger partial charge is 0.390 e. The van der Waals surface area contributed by atoms with Crippen LogP contribution in [0.15, 0.2) is 0 Å². The molecule has 0 aromatic carbocycles. The Bertz CT molecular complexity index is 256. The number of hydrogen-bond acceptors (Lipinski definition) is 6. The summed E-state index contributed by atoms with van der Waals surface area (Å²) in [6.45, 7) is 0.850. The van der Waals surface area contributed by atoms with Gasteiger partial charge < -0.3 is 21.1 Å². The standard InChI is InChI=1S/C8H17F2NO5P/c1-2-16-17(15)8(9,10)3-5(12)7(14)6(13)4-11/h5-7,12-14H,2-4,11H2,1H3/q+1. The highest BCUT2D eigenvalue weighted by atomic mass is 31.1. The molecule has 5 N–H and O–H groups in total. The molecule has 0 amide bonds. The second kappa shape index (κ2) is 7.25. The predicted octanol–water partition coefficient (Wildman–Crippen LogP) is -0.210. The largest absolute Gasteiger partial charge is 0.586 e. The van der Waals surface area contributed by atoms with Crippen molar-refractivity contribution in [2.24, 2.45) is 5.73 Å². The van der Waals surface area contributed by atoms with Gasteiger partial charge in [-0.05, 0) is 11.5 Å². The van der Waals surface area contributed by atoms with Crippen molar-refractivity contribution in [1.82, 2.24) is 0 Å². The highest BCUT2D eigenvalue weighted by molar-refractivity contribution is 7.40. The number of nitrogens with two attached hydrogens (primary N) is 1. The second-order valence-corrected chi connectivity index (χ2v) is 4.83. The molecule has 0 aliphatic heterocycles. The van der Waals surface area contributed by atoms with Crippen molar-refractivity contribution in [3.05, 3.63) is 0 Å². The Morgan fingerprint density at radius 1 is 1.35 bits per heavy atom. The van der Waals surface area contributed by atoms with E-state index in [0.29, 0.717) is 0 Å². The Labute approximate surface area is 98.3 Å². The maximum absolute atomic E-state index is 13.2. The maximum Gasteiger partial charge on any atom is 0.586 e. The molecular weight excluding hydrogens is 259 g/mol. The summed E-state index contributed by atoms with van der Waals surface area (Å²) < 4.78 is 41.6. The third kappa shape index (κ3) is 5.29. The van der Waals surface area contributed by atoms with Crippen LogP contribution in [0.3, 0.4) is 0 Å². The van der Waals surface area contributed by atoms with E-state index >= 15 is 0 Å². The third-order valence-corrected chi connectivity index (χ3v) is 3.21. The van der Waals surface area contributed by atoms with Gasteiger partial charge in [-0.3, -0.25) is 0 Å². The van der Waals surface area contributed by atoms with Gasteiger partial charge in [-0.25, -0.2) is 0 Å². The number of aliphatic hydroxyl groups is 3. The van der Waals surface area contributed by atoms with Crippen LogP contribution in [0, 0.1) is 0 Å². The third-order valence-electron chi connectivity index (χ3n) is 2.00. The molecule has 0 aliphatic rings. The lowest BCUT2D eigenvalue weighted by Crippen LogP contribution is -2.43. The molecule has 0 aliphatic carbocycles. The summed E-state index contributed by atoms with van der Waals surface area (Å²) in [6.07, 6.45) is -6.56. The minimum atomic E-state index is -3.78. The molecule has 0 saturated carbocycles. The molecule has 4 atom stereocenters. The molecule has 0 saturated heterocycles. The lowest BCUT2D eigenvalue weighted by atomic mass is 10.1. The van der Waals surface area contributed by atoms with Crippen molar-refractivity contribution >= 4 is 8.03 Å². The van der Waals surface area contributed by atoms with E-state index in [9.17, 15) is 23.6 Å². The highest BCUT2D eigenvalue weighted by Crippen LogP contribution is 2.46. The van der Waals surface area contributed by atoms with E-state index in [1.807, 2.05) is 0 Å². The normalized spacial score (nSPS) is 18.6. The van der Waals surface area contributed by atoms with Crippen molar-refractivity contribution in [2.45, 2.75) is 37.3 Å². The van der Waals surface area contributed by atoms with Crippen LogP contribution in [-0.4, -0.2) is 52.4 Å². The van der Waals surface area contributed by atoms with Gasteiger partial charge in [0.1, 0.15) is 6.10 Å². The Hall–Kier alpha value is -0.240.